The number of hydrogen-bond donors (Lipinski definition) is 1. The molecule has 3 nitrogen and oxygen atoms in total. The fourth-order valence-corrected chi connectivity index (χ4v) is 3.50. The third-order valence-corrected chi connectivity index (χ3v) is 4.71. The van der Waals surface area contributed by atoms with E-state index < -0.39 is 0 Å². The van der Waals surface area contributed by atoms with Gasteiger partial charge in [-0.25, -0.2) is 0 Å². The predicted molar refractivity (Wildman–Crippen MR) is 80.2 cm³/mol. The van der Waals surface area contributed by atoms with Gasteiger partial charge in [0.1, 0.15) is 0 Å². The SMILES string of the molecule is O=C1[C@@H](C2CCCCC2)NCN1CCc1ccccc1. The molecule has 0 spiro atoms. The summed E-state index contributed by atoms with van der Waals surface area (Å²) in [7, 11) is 0. The van der Waals surface area contributed by atoms with Crippen LogP contribution < -0.4 is 5.32 Å². The van der Waals surface area contributed by atoms with Crippen LogP contribution >= 0.6 is 0 Å². The Kier molecular flexibility index (Phi) is 4.36. The fraction of sp³-hybridized carbons (Fsp3) is 0.588. The van der Waals surface area contributed by atoms with Gasteiger partial charge in [-0.05, 0) is 30.7 Å². The normalized spacial score (nSPS) is 24.3. The molecular formula is C17H24N2O. The van der Waals surface area contributed by atoms with Gasteiger partial charge in [-0.1, -0.05) is 49.6 Å². The van der Waals surface area contributed by atoms with E-state index in [1.807, 2.05) is 11.0 Å². The number of hydrogen-bond acceptors (Lipinski definition) is 2. The number of amides is 1. The molecule has 1 aliphatic heterocycles. The van der Waals surface area contributed by atoms with Gasteiger partial charge in [0, 0.05) is 6.54 Å². The zero-order chi connectivity index (χ0) is 13.8. The number of benzene rings is 1. The highest BCUT2D eigenvalue weighted by Gasteiger charge is 2.36. The number of carbonyl (C=O) groups is 1. The third-order valence-electron chi connectivity index (χ3n) is 4.71. The molecule has 0 unspecified atom stereocenters. The standard InChI is InChI=1S/C17H24N2O/c20-17-16(15-9-5-2-6-10-15)18-13-19(17)12-11-14-7-3-1-4-8-14/h1,3-4,7-8,15-16,18H,2,5-6,9-13H2/t16-/m1/s1. The zero-order valence-electron chi connectivity index (χ0n) is 12.1. The third kappa shape index (κ3) is 3.04. The van der Waals surface area contributed by atoms with Gasteiger partial charge in [0.15, 0.2) is 0 Å². The minimum Gasteiger partial charge on any atom is -0.328 e. The fourth-order valence-electron chi connectivity index (χ4n) is 3.50. The largest absolute Gasteiger partial charge is 0.328 e. The molecule has 1 aromatic carbocycles. The average Bonchev–Trinajstić information content (AvgIpc) is 2.88. The van der Waals surface area contributed by atoms with Crippen molar-refractivity contribution in [3.05, 3.63) is 35.9 Å². The van der Waals surface area contributed by atoms with Gasteiger partial charge in [-0.15, -0.1) is 0 Å². The molecule has 3 heteroatoms. The average molecular weight is 272 g/mol. The molecule has 0 radical (unpaired) electrons. The number of nitrogens with one attached hydrogen (secondary N) is 1. The quantitative estimate of drug-likeness (QED) is 0.913. The number of carbonyl (C=O) groups excluding carboxylic acids is 1. The summed E-state index contributed by atoms with van der Waals surface area (Å²) in [5.41, 5.74) is 1.31. The van der Waals surface area contributed by atoms with E-state index in [0.29, 0.717) is 11.8 Å². The summed E-state index contributed by atoms with van der Waals surface area (Å²) in [6, 6.07) is 10.5. The van der Waals surface area contributed by atoms with Crippen LogP contribution in [0.5, 0.6) is 0 Å². The van der Waals surface area contributed by atoms with Crippen LogP contribution in [-0.4, -0.2) is 30.1 Å². The van der Waals surface area contributed by atoms with Crippen molar-refractivity contribution in [2.24, 2.45) is 5.92 Å². The predicted octanol–water partition coefficient (Wildman–Crippen LogP) is 2.57. The van der Waals surface area contributed by atoms with Gasteiger partial charge in [-0.3, -0.25) is 10.1 Å². The molecule has 1 amide bonds. The summed E-state index contributed by atoms with van der Waals surface area (Å²) in [6.45, 7) is 1.56. The maximum absolute atomic E-state index is 12.5. The van der Waals surface area contributed by atoms with Gasteiger partial charge in [0.2, 0.25) is 5.91 Å². The van der Waals surface area contributed by atoms with E-state index in [1.165, 1.54) is 37.7 Å². The highest BCUT2D eigenvalue weighted by Crippen LogP contribution is 2.28. The Hall–Kier alpha value is -1.35. The topological polar surface area (TPSA) is 32.3 Å². The molecule has 1 atom stereocenters. The van der Waals surface area contributed by atoms with Crippen LogP contribution in [0.3, 0.4) is 0 Å². The summed E-state index contributed by atoms with van der Waals surface area (Å²) < 4.78 is 0. The first-order valence-corrected chi connectivity index (χ1v) is 7.91. The van der Waals surface area contributed by atoms with Crippen molar-refractivity contribution in [3.63, 3.8) is 0 Å². The first-order valence-electron chi connectivity index (χ1n) is 7.91. The smallest absolute Gasteiger partial charge is 0.241 e. The van der Waals surface area contributed by atoms with Crippen molar-refractivity contribution in [2.75, 3.05) is 13.2 Å². The summed E-state index contributed by atoms with van der Waals surface area (Å²) >= 11 is 0. The van der Waals surface area contributed by atoms with E-state index in [4.69, 9.17) is 0 Å². The monoisotopic (exact) mass is 272 g/mol. The van der Waals surface area contributed by atoms with Crippen LogP contribution in [0.1, 0.15) is 37.7 Å². The Bertz CT molecular complexity index is 440. The zero-order valence-corrected chi connectivity index (χ0v) is 12.1. The Morgan fingerprint density at radius 2 is 1.85 bits per heavy atom. The van der Waals surface area contributed by atoms with Crippen LogP contribution in [0.2, 0.25) is 0 Å². The summed E-state index contributed by atoms with van der Waals surface area (Å²) in [5.74, 6) is 0.894. The lowest BCUT2D eigenvalue weighted by molar-refractivity contribution is -0.130. The molecule has 1 saturated heterocycles. The molecule has 0 bridgehead atoms. The van der Waals surface area contributed by atoms with E-state index in [2.05, 4.69) is 29.6 Å². The van der Waals surface area contributed by atoms with Crippen molar-refractivity contribution in [3.8, 4) is 0 Å². The van der Waals surface area contributed by atoms with E-state index in [0.717, 1.165) is 19.6 Å². The van der Waals surface area contributed by atoms with Gasteiger partial charge in [-0.2, -0.15) is 0 Å². The second kappa shape index (κ2) is 6.40. The van der Waals surface area contributed by atoms with Crippen LogP contribution in [0.4, 0.5) is 0 Å². The van der Waals surface area contributed by atoms with Crippen LogP contribution in [-0.2, 0) is 11.2 Å². The Labute approximate surface area is 121 Å². The molecule has 2 aliphatic rings. The molecule has 1 aliphatic carbocycles. The second-order valence-corrected chi connectivity index (χ2v) is 6.08. The molecule has 1 saturated carbocycles. The van der Waals surface area contributed by atoms with E-state index in [1.54, 1.807) is 0 Å². The molecule has 0 aromatic heterocycles. The molecule has 3 rings (SSSR count). The Morgan fingerprint density at radius 1 is 1.10 bits per heavy atom. The van der Waals surface area contributed by atoms with Gasteiger partial charge in [0.05, 0.1) is 12.7 Å². The molecule has 1 aromatic rings. The summed E-state index contributed by atoms with van der Waals surface area (Å²) in [6.07, 6.45) is 7.31. The van der Waals surface area contributed by atoms with E-state index >= 15 is 0 Å². The van der Waals surface area contributed by atoms with Gasteiger partial charge >= 0.3 is 0 Å². The molecular weight excluding hydrogens is 248 g/mol. The summed E-state index contributed by atoms with van der Waals surface area (Å²) in [4.78, 5) is 14.5. The second-order valence-electron chi connectivity index (χ2n) is 6.08. The lowest BCUT2D eigenvalue weighted by atomic mass is 9.84. The minimum absolute atomic E-state index is 0.0890. The number of rotatable bonds is 4. The van der Waals surface area contributed by atoms with Crippen molar-refractivity contribution in [1.29, 1.82) is 0 Å². The van der Waals surface area contributed by atoms with Crippen molar-refractivity contribution in [2.45, 2.75) is 44.6 Å². The molecule has 2 fully saturated rings. The van der Waals surface area contributed by atoms with Crippen molar-refractivity contribution in [1.82, 2.24) is 10.2 Å². The molecule has 1 N–H and O–H groups in total. The molecule has 108 valence electrons. The van der Waals surface area contributed by atoms with Crippen molar-refractivity contribution >= 4 is 5.91 Å². The van der Waals surface area contributed by atoms with Crippen LogP contribution in [0, 0.1) is 5.92 Å². The van der Waals surface area contributed by atoms with Gasteiger partial charge in [0.25, 0.3) is 0 Å². The highest BCUT2D eigenvalue weighted by molar-refractivity contribution is 5.84. The van der Waals surface area contributed by atoms with Crippen LogP contribution in [0.25, 0.3) is 0 Å². The summed E-state index contributed by atoms with van der Waals surface area (Å²) in [5, 5.41) is 3.44. The lowest BCUT2D eigenvalue weighted by Gasteiger charge is -2.26. The molecule has 1 heterocycles. The number of nitrogens with zero attached hydrogens (tertiary/aromatic N) is 1. The minimum atomic E-state index is 0.0890. The van der Waals surface area contributed by atoms with E-state index in [9.17, 15) is 4.79 Å². The maximum atomic E-state index is 12.5. The lowest BCUT2D eigenvalue weighted by Crippen LogP contribution is -2.38. The van der Waals surface area contributed by atoms with E-state index in [-0.39, 0.29) is 6.04 Å². The van der Waals surface area contributed by atoms with Gasteiger partial charge < -0.3 is 4.90 Å². The Balaban J connectivity index is 1.53. The highest BCUT2D eigenvalue weighted by atomic mass is 16.2. The first kappa shape index (κ1) is 13.6. The maximum Gasteiger partial charge on any atom is 0.241 e. The van der Waals surface area contributed by atoms with Crippen molar-refractivity contribution < 1.29 is 4.79 Å². The van der Waals surface area contributed by atoms with Crippen LogP contribution in [0.15, 0.2) is 30.3 Å². The first-order chi connectivity index (χ1) is 9.84. The molecule has 20 heavy (non-hydrogen) atoms. The Morgan fingerprint density at radius 3 is 2.60 bits per heavy atom.